The predicted octanol–water partition coefficient (Wildman–Crippen LogP) is 6.92. The second-order valence-corrected chi connectivity index (χ2v) is 7.98. The maximum atomic E-state index is 4.67. The highest BCUT2D eigenvalue weighted by atomic mass is 32.1. The minimum Gasteiger partial charge on any atom is -0.236 e. The van der Waals surface area contributed by atoms with Crippen molar-refractivity contribution in [3.8, 4) is 11.4 Å². The Balaban J connectivity index is 1.91. The molecule has 0 fully saturated rings. The number of hydrogen-bond donors (Lipinski definition) is 1. The van der Waals surface area contributed by atoms with Gasteiger partial charge in [-0.15, -0.1) is 12.6 Å². The van der Waals surface area contributed by atoms with Gasteiger partial charge in [-0.25, -0.2) is 9.97 Å². The van der Waals surface area contributed by atoms with Gasteiger partial charge in [0.15, 0.2) is 5.82 Å². The topological polar surface area (TPSA) is 25.8 Å². The van der Waals surface area contributed by atoms with E-state index in [2.05, 4.69) is 61.6 Å². The molecule has 2 nitrogen and oxygen atoms in total. The molecule has 0 spiro atoms. The van der Waals surface area contributed by atoms with E-state index in [0.29, 0.717) is 5.92 Å². The van der Waals surface area contributed by atoms with Crippen molar-refractivity contribution in [2.75, 3.05) is 0 Å². The highest BCUT2D eigenvalue weighted by molar-refractivity contribution is 7.80. The number of nitrogens with zero attached hydrogens (tertiary/aromatic N) is 2. The highest BCUT2D eigenvalue weighted by Gasteiger charge is 2.08. The smallest absolute Gasteiger partial charge is 0.160 e. The van der Waals surface area contributed by atoms with Gasteiger partial charge in [0, 0.05) is 22.9 Å². The van der Waals surface area contributed by atoms with Crippen molar-refractivity contribution < 1.29 is 0 Å². The van der Waals surface area contributed by atoms with Gasteiger partial charge in [-0.05, 0) is 48.4 Å². The van der Waals surface area contributed by atoms with Crippen LogP contribution in [0.4, 0.5) is 0 Å². The predicted molar refractivity (Wildman–Crippen MR) is 115 cm³/mol. The first-order valence-electron chi connectivity index (χ1n) is 10.3. The van der Waals surface area contributed by atoms with Crippen molar-refractivity contribution >= 4 is 12.6 Å². The zero-order chi connectivity index (χ0) is 18.8. The van der Waals surface area contributed by atoms with E-state index in [-0.39, 0.29) is 0 Å². The second kappa shape index (κ2) is 11.4. The van der Waals surface area contributed by atoms with E-state index >= 15 is 0 Å². The molecule has 1 atom stereocenters. The SMILES string of the molecule is CCCCCCCCc1cnc(-c2ccc(CC(C)CC)cc2S)nc1. The van der Waals surface area contributed by atoms with Gasteiger partial charge in [-0.3, -0.25) is 0 Å². The third kappa shape index (κ3) is 6.75. The summed E-state index contributed by atoms with van der Waals surface area (Å²) in [5, 5.41) is 0. The molecular weight excluding hydrogens is 336 g/mol. The van der Waals surface area contributed by atoms with E-state index in [0.717, 1.165) is 29.1 Å². The summed E-state index contributed by atoms with van der Waals surface area (Å²) in [7, 11) is 0. The monoisotopic (exact) mass is 370 g/mol. The van der Waals surface area contributed by atoms with Gasteiger partial charge in [0.25, 0.3) is 0 Å². The average molecular weight is 371 g/mol. The number of unbranched alkanes of at least 4 members (excludes halogenated alkanes) is 5. The lowest BCUT2D eigenvalue weighted by Gasteiger charge is -2.11. The average Bonchev–Trinajstić information content (AvgIpc) is 2.65. The molecule has 0 aliphatic rings. The van der Waals surface area contributed by atoms with Crippen LogP contribution in [0.15, 0.2) is 35.5 Å². The van der Waals surface area contributed by atoms with Crippen LogP contribution >= 0.6 is 12.6 Å². The summed E-state index contributed by atoms with van der Waals surface area (Å²) >= 11 is 4.67. The van der Waals surface area contributed by atoms with Crippen molar-refractivity contribution in [1.29, 1.82) is 0 Å². The first-order valence-corrected chi connectivity index (χ1v) is 10.7. The van der Waals surface area contributed by atoms with E-state index in [1.54, 1.807) is 0 Å². The molecule has 0 saturated heterocycles. The van der Waals surface area contributed by atoms with Crippen molar-refractivity contribution in [2.45, 2.75) is 83.5 Å². The Morgan fingerprint density at radius 2 is 1.62 bits per heavy atom. The lowest BCUT2D eigenvalue weighted by molar-refractivity contribution is 0.560. The van der Waals surface area contributed by atoms with E-state index in [9.17, 15) is 0 Å². The molecule has 0 radical (unpaired) electrons. The summed E-state index contributed by atoms with van der Waals surface area (Å²) < 4.78 is 0. The van der Waals surface area contributed by atoms with E-state index in [4.69, 9.17) is 0 Å². The van der Waals surface area contributed by atoms with Gasteiger partial charge in [-0.2, -0.15) is 0 Å². The minimum atomic E-state index is 0.700. The van der Waals surface area contributed by atoms with Crippen molar-refractivity contribution in [1.82, 2.24) is 9.97 Å². The highest BCUT2D eigenvalue weighted by Crippen LogP contribution is 2.26. The summed E-state index contributed by atoms with van der Waals surface area (Å²) in [6, 6.07) is 6.47. The molecule has 2 aromatic rings. The van der Waals surface area contributed by atoms with Crippen LogP contribution in [0.3, 0.4) is 0 Å². The largest absolute Gasteiger partial charge is 0.236 e. The first-order chi connectivity index (χ1) is 12.6. The molecule has 1 heterocycles. The Morgan fingerprint density at radius 1 is 0.923 bits per heavy atom. The maximum Gasteiger partial charge on any atom is 0.160 e. The Hall–Kier alpha value is -1.35. The van der Waals surface area contributed by atoms with Crippen molar-refractivity contribution in [3.63, 3.8) is 0 Å². The van der Waals surface area contributed by atoms with Crippen molar-refractivity contribution in [2.24, 2.45) is 5.92 Å². The number of aromatic nitrogens is 2. The fourth-order valence-corrected chi connectivity index (χ4v) is 3.51. The molecule has 142 valence electrons. The summed E-state index contributed by atoms with van der Waals surface area (Å²) in [6.45, 7) is 6.79. The molecule has 1 aromatic carbocycles. The van der Waals surface area contributed by atoms with Crippen LogP contribution in [0.25, 0.3) is 11.4 Å². The molecule has 1 aromatic heterocycles. The van der Waals surface area contributed by atoms with Crippen LogP contribution in [-0.4, -0.2) is 9.97 Å². The molecule has 0 saturated carbocycles. The van der Waals surface area contributed by atoms with E-state index in [1.165, 1.54) is 56.1 Å². The van der Waals surface area contributed by atoms with Crippen LogP contribution in [0.1, 0.15) is 76.8 Å². The van der Waals surface area contributed by atoms with Crippen LogP contribution in [0.5, 0.6) is 0 Å². The van der Waals surface area contributed by atoms with Crippen molar-refractivity contribution in [3.05, 3.63) is 41.7 Å². The summed E-state index contributed by atoms with van der Waals surface area (Å²) in [6.07, 6.45) is 15.3. The quantitative estimate of drug-likeness (QED) is 0.343. The maximum absolute atomic E-state index is 4.67. The first kappa shape index (κ1) is 21.0. The molecule has 0 amide bonds. The number of thiol groups is 1. The third-order valence-corrected chi connectivity index (χ3v) is 5.48. The molecule has 0 aliphatic carbocycles. The number of aryl methyl sites for hydroxylation is 1. The lowest BCUT2D eigenvalue weighted by atomic mass is 9.98. The zero-order valence-electron chi connectivity index (χ0n) is 16.7. The lowest BCUT2D eigenvalue weighted by Crippen LogP contribution is -1.99. The van der Waals surface area contributed by atoms with Gasteiger partial charge in [0.1, 0.15) is 0 Å². The molecule has 3 heteroatoms. The number of benzene rings is 1. The second-order valence-electron chi connectivity index (χ2n) is 7.50. The Kier molecular flexibility index (Phi) is 9.17. The molecule has 0 N–H and O–H groups in total. The van der Waals surface area contributed by atoms with Crippen LogP contribution in [-0.2, 0) is 12.8 Å². The fourth-order valence-electron chi connectivity index (χ4n) is 3.17. The van der Waals surface area contributed by atoms with Crippen LogP contribution in [0, 0.1) is 5.92 Å². The van der Waals surface area contributed by atoms with Gasteiger partial charge in [0.05, 0.1) is 0 Å². The molecule has 26 heavy (non-hydrogen) atoms. The summed E-state index contributed by atoms with van der Waals surface area (Å²) in [5.74, 6) is 1.47. The van der Waals surface area contributed by atoms with Gasteiger partial charge >= 0.3 is 0 Å². The Bertz CT molecular complexity index is 652. The standard InChI is InChI=1S/C23H34N2S/c1-4-6-7-8-9-10-11-20-16-24-23(25-17-20)21-13-12-19(15-22(21)26)14-18(3)5-2/h12-13,15-18,26H,4-11,14H2,1-3H3. The van der Waals surface area contributed by atoms with Crippen LogP contribution in [0.2, 0.25) is 0 Å². The minimum absolute atomic E-state index is 0.700. The van der Waals surface area contributed by atoms with Gasteiger partial charge in [0.2, 0.25) is 0 Å². The van der Waals surface area contributed by atoms with E-state index in [1.807, 2.05) is 12.4 Å². The number of rotatable bonds is 11. The molecule has 0 aliphatic heterocycles. The Morgan fingerprint density at radius 3 is 2.27 bits per heavy atom. The van der Waals surface area contributed by atoms with Gasteiger partial charge < -0.3 is 0 Å². The molecule has 1 unspecified atom stereocenters. The number of hydrogen-bond acceptors (Lipinski definition) is 3. The van der Waals surface area contributed by atoms with Crippen LogP contribution < -0.4 is 0 Å². The molecule has 2 rings (SSSR count). The summed E-state index contributed by atoms with van der Waals surface area (Å²) in [5.41, 5.74) is 3.60. The molecule has 0 bridgehead atoms. The Labute approximate surface area is 165 Å². The fraction of sp³-hybridized carbons (Fsp3) is 0.565. The third-order valence-electron chi connectivity index (χ3n) is 5.11. The summed E-state index contributed by atoms with van der Waals surface area (Å²) in [4.78, 5) is 10.1. The van der Waals surface area contributed by atoms with E-state index < -0.39 is 0 Å². The van der Waals surface area contributed by atoms with Gasteiger partial charge in [-0.1, -0.05) is 65.4 Å². The normalized spacial score (nSPS) is 12.3. The zero-order valence-corrected chi connectivity index (χ0v) is 17.6. The molecular formula is C23H34N2S.